The fourth-order valence-corrected chi connectivity index (χ4v) is 5.92. The molecule has 1 fully saturated rings. The third kappa shape index (κ3) is 3.17. The largest absolute Gasteiger partial charge is 0.392 e. The van der Waals surface area contributed by atoms with E-state index in [0.29, 0.717) is 6.54 Å². The fraction of sp³-hybridized carbons (Fsp3) is 0.321. The minimum atomic E-state index is -0.258. The number of hydrogen-bond donors (Lipinski definition) is 1. The fourth-order valence-electron chi connectivity index (χ4n) is 5.92. The summed E-state index contributed by atoms with van der Waals surface area (Å²) in [7, 11) is 0. The molecule has 2 atom stereocenters. The van der Waals surface area contributed by atoms with Gasteiger partial charge in [-0.2, -0.15) is 0 Å². The molecule has 32 heavy (non-hydrogen) atoms. The number of carbonyl (C=O) groups is 1. The molecule has 0 radical (unpaired) electrons. The van der Waals surface area contributed by atoms with Crippen LogP contribution in [-0.4, -0.2) is 53.1 Å². The molecule has 3 aromatic rings. The summed E-state index contributed by atoms with van der Waals surface area (Å²) < 4.78 is 0. The molecule has 3 aromatic carbocycles. The van der Waals surface area contributed by atoms with Crippen LogP contribution in [0.15, 0.2) is 72.8 Å². The van der Waals surface area contributed by atoms with Gasteiger partial charge in [0.15, 0.2) is 0 Å². The third-order valence-corrected chi connectivity index (χ3v) is 7.45. The first-order valence-corrected chi connectivity index (χ1v) is 11.7. The van der Waals surface area contributed by atoms with Crippen LogP contribution in [0.1, 0.15) is 40.6 Å². The molecule has 2 aliphatic heterocycles. The first-order valence-electron chi connectivity index (χ1n) is 11.7. The van der Waals surface area contributed by atoms with Crippen LogP contribution < -0.4 is 0 Å². The van der Waals surface area contributed by atoms with Crippen molar-refractivity contribution >= 4 is 5.91 Å². The second-order valence-electron chi connectivity index (χ2n) is 9.31. The minimum Gasteiger partial charge on any atom is -0.392 e. The van der Waals surface area contributed by atoms with Crippen molar-refractivity contribution in [1.29, 1.82) is 0 Å². The molecular formula is C28H28N2O2. The smallest absolute Gasteiger partial charge is 0.235 e. The average Bonchev–Trinajstić information content (AvgIpc) is 3.39. The van der Waals surface area contributed by atoms with Crippen molar-refractivity contribution in [2.24, 2.45) is 0 Å². The molecule has 1 amide bonds. The second-order valence-corrected chi connectivity index (χ2v) is 9.31. The van der Waals surface area contributed by atoms with Gasteiger partial charge in [0.05, 0.1) is 18.1 Å². The SMILES string of the molecule is O=C(C1c2ccccc2-c2ccccc21)N1CCc2ccccc2C1CN1CC[C@H](O)C1. The van der Waals surface area contributed by atoms with Gasteiger partial charge >= 0.3 is 0 Å². The van der Waals surface area contributed by atoms with Crippen LogP contribution in [0, 0.1) is 0 Å². The third-order valence-electron chi connectivity index (χ3n) is 7.45. The number of hydrogen-bond acceptors (Lipinski definition) is 3. The Labute approximate surface area is 189 Å². The molecule has 1 aliphatic carbocycles. The van der Waals surface area contributed by atoms with E-state index in [2.05, 4.69) is 70.5 Å². The molecule has 1 saturated heterocycles. The van der Waals surface area contributed by atoms with Crippen molar-refractivity contribution in [2.75, 3.05) is 26.2 Å². The van der Waals surface area contributed by atoms with Crippen molar-refractivity contribution in [2.45, 2.75) is 30.9 Å². The first kappa shape index (κ1) is 19.7. The highest BCUT2D eigenvalue weighted by atomic mass is 16.3. The van der Waals surface area contributed by atoms with E-state index in [1.165, 1.54) is 22.3 Å². The number of rotatable bonds is 3. The molecule has 6 rings (SSSR count). The van der Waals surface area contributed by atoms with E-state index in [9.17, 15) is 9.90 Å². The number of β-amino-alcohol motifs (C(OH)–C–C–N with tert-alkyl or cyclic N) is 1. The second kappa shape index (κ2) is 7.88. The Morgan fingerprint density at radius 2 is 1.47 bits per heavy atom. The first-order chi connectivity index (χ1) is 15.7. The number of nitrogens with zero attached hydrogens (tertiary/aromatic N) is 2. The zero-order chi connectivity index (χ0) is 21.7. The lowest BCUT2D eigenvalue weighted by molar-refractivity contribution is -0.135. The van der Waals surface area contributed by atoms with Gasteiger partial charge in [0, 0.05) is 26.2 Å². The molecule has 3 aliphatic rings. The van der Waals surface area contributed by atoms with Crippen molar-refractivity contribution in [1.82, 2.24) is 9.80 Å². The van der Waals surface area contributed by atoms with Gasteiger partial charge in [-0.05, 0) is 46.2 Å². The maximum atomic E-state index is 14.2. The molecule has 0 spiro atoms. The number of benzene rings is 3. The van der Waals surface area contributed by atoms with Gasteiger partial charge in [0.2, 0.25) is 5.91 Å². The van der Waals surface area contributed by atoms with Crippen LogP contribution >= 0.6 is 0 Å². The van der Waals surface area contributed by atoms with E-state index in [4.69, 9.17) is 0 Å². The lowest BCUT2D eigenvalue weighted by Crippen LogP contribution is -2.46. The molecule has 162 valence electrons. The van der Waals surface area contributed by atoms with E-state index >= 15 is 0 Å². The summed E-state index contributed by atoms with van der Waals surface area (Å²) in [6.07, 6.45) is 1.44. The van der Waals surface area contributed by atoms with E-state index in [1.54, 1.807) is 0 Å². The van der Waals surface area contributed by atoms with Crippen molar-refractivity contribution < 1.29 is 9.90 Å². The molecule has 2 heterocycles. The van der Waals surface area contributed by atoms with Crippen LogP contribution in [0.3, 0.4) is 0 Å². The lowest BCUT2D eigenvalue weighted by atomic mass is 9.89. The monoisotopic (exact) mass is 424 g/mol. The number of likely N-dealkylation sites (tertiary alicyclic amines) is 1. The van der Waals surface area contributed by atoms with Crippen molar-refractivity contribution in [3.8, 4) is 11.1 Å². The number of amides is 1. The topological polar surface area (TPSA) is 43.8 Å². The van der Waals surface area contributed by atoms with Gasteiger partial charge in [-0.3, -0.25) is 9.69 Å². The quantitative estimate of drug-likeness (QED) is 0.691. The molecule has 0 saturated carbocycles. The summed E-state index contributed by atoms with van der Waals surface area (Å²) in [6, 6.07) is 25.3. The summed E-state index contributed by atoms with van der Waals surface area (Å²) >= 11 is 0. The summed E-state index contributed by atoms with van der Waals surface area (Å²) in [4.78, 5) is 18.7. The standard InChI is InChI=1S/C28H28N2O2/c31-20-14-15-29(17-20)18-26-21-8-2-1-7-19(21)13-16-30(26)28(32)27-24-11-5-3-9-22(24)23-10-4-6-12-25(23)27/h1-12,20,26-27,31H,13-18H2/t20-,26?/m0/s1. The van der Waals surface area contributed by atoms with Gasteiger partial charge in [-0.15, -0.1) is 0 Å². The molecule has 1 N–H and O–H groups in total. The van der Waals surface area contributed by atoms with E-state index in [-0.39, 0.29) is 24.0 Å². The molecular weight excluding hydrogens is 396 g/mol. The lowest BCUT2D eigenvalue weighted by Gasteiger charge is -2.40. The normalized spacial score (nSPS) is 22.5. The highest BCUT2D eigenvalue weighted by molar-refractivity contribution is 5.96. The zero-order valence-corrected chi connectivity index (χ0v) is 18.2. The van der Waals surface area contributed by atoms with Crippen LogP contribution in [0.25, 0.3) is 11.1 Å². The minimum absolute atomic E-state index is 0.0117. The number of carbonyl (C=O) groups excluding carboxylic acids is 1. The van der Waals surface area contributed by atoms with E-state index in [1.807, 2.05) is 12.1 Å². The Bertz CT molecular complexity index is 1130. The highest BCUT2D eigenvalue weighted by Crippen LogP contribution is 2.46. The Kier molecular flexibility index (Phi) is 4.85. The van der Waals surface area contributed by atoms with Crippen LogP contribution in [0.5, 0.6) is 0 Å². The molecule has 1 unspecified atom stereocenters. The molecule has 4 heteroatoms. The number of fused-ring (bicyclic) bond motifs is 4. The Balaban J connectivity index is 1.39. The van der Waals surface area contributed by atoms with Gasteiger partial charge in [-0.1, -0.05) is 72.8 Å². The highest BCUT2D eigenvalue weighted by Gasteiger charge is 2.40. The van der Waals surface area contributed by atoms with Crippen LogP contribution in [0.2, 0.25) is 0 Å². The maximum absolute atomic E-state index is 14.2. The molecule has 0 bridgehead atoms. The van der Waals surface area contributed by atoms with Gasteiger partial charge in [-0.25, -0.2) is 0 Å². The van der Waals surface area contributed by atoms with Crippen LogP contribution in [-0.2, 0) is 11.2 Å². The molecule has 0 aromatic heterocycles. The van der Waals surface area contributed by atoms with Gasteiger partial charge < -0.3 is 10.0 Å². The summed E-state index contributed by atoms with van der Waals surface area (Å²) in [6.45, 7) is 3.08. The molecule has 4 nitrogen and oxygen atoms in total. The van der Waals surface area contributed by atoms with Gasteiger partial charge in [0.1, 0.15) is 0 Å². The Morgan fingerprint density at radius 3 is 2.12 bits per heavy atom. The van der Waals surface area contributed by atoms with Crippen molar-refractivity contribution in [3.05, 3.63) is 95.1 Å². The number of aliphatic hydroxyl groups excluding tert-OH is 1. The Morgan fingerprint density at radius 1 is 0.844 bits per heavy atom. The van der Waals surface area contributed by atoms with Crippen molar-refractivity contribution in [3.63, 3.8) is 0 Å². The van der Waals surface area contributed by atoms with E-state index in [0.717, 1.165) is 43.6 Å². The van der Waals surface area contributed by atoms with E-state index < -0.39 is 0 Å². The summed E-state index contributed by atoms with van der Waals surface area (Å²) in [5.74, 6) is -0.0546. The Hall–Kier alpha value is -2.95. The number of aliphatic hydroxyl groups is 1. The maximum Gasteiger partial charge on any atom is 0.235 e. The summed E-state index contributed by atoms with van der Waals surface area (Å²) in [5.41, 5.74) is 7.19. The predicted molar refractivity (Wildman–Crippen MR) is 125 cm³/mol. The van der Waals surface area contributed by atoms with Crippen LogP contribution in [0.4, 0.5) is 0 Å². The summed E-state index contributed by atoms with van der Waals surface area (Å²) in [5, 5.41) is 10.1. The average molecular weight is 425 g/mol. The van der Waals surface area contributed by atoms with Gasteiger partial charge in [0.25, 0.3) is 0 Å². The predicted octanol–water partition coefficient (Wildman–Crippen LogP) is 3.99. The zero-order valence-electron chi connectivity index (χ0n) is 18.2.